The van der Waals surface area contributed by atoms with E-state index in [9.17, 15) is 4.79 Å². The van der Waals surface area contributed by atoms with Crippen LogP contribution in [-0.4, -0.2) is 30.5 Å². The average molecular weight is 431 g/mol. The Kier molecular flexibility index (Phi) is 5.12. The highest BCUT2D eigenvalue weighted by Crippen LogP contribution is 2.28. The molecule has 0 saturated carbocycles. The highest BCUT2D eigenvalue weighted by molar-refractivity contribution is 7.71. The van der Waals surface area contributed by atoms with Gasteiger partial charge >= 0.3 is 0 Å². The molecule has 0 saturated heterocycles. The van der Waals surface area contributed by atoms with Crippen molar-refractivity contribution in [3.8, 4) is 16.4 Å². The van der Waals surface area contributed by atoms with E-state index in [0.717, 1.165) is 4.88 Å². The van der Waals surface area contributed by atoms with E-state index in [0.29, 0.717) is 27.0 Å². The minimum absolute atomic E-state index is 0.244. The summed E-state index contributed by atoms with van der Waals surface area (Å²) < 4.78 is 3.75. The highest BCUT2D eigenvalue weighted by atomic mass is 35.5. The maximum Gasteiger partial charge on any atom is 0.247 e. The van der Waals surface area contributed by atoms with E-state index in [-0.39, 0.29) is 5.91 Å². The molecular formula is C18H15ClN6OS2. The first-order valence-corrected chi connectivity index (χ1v) is 10.0. The number of halogens is 1. The van der Waals surface area contributed by atoms with Crippen molar-refractivity contribution in [1.82, 2.24) is 24.5 Å². The van der Waals surface area contributed by atoms with Gasteiger partial charge in [0.2, 0.25) is 5.91 Å². The van der Waals surface area contributed by atoms with Crippen LogP contribution in [0.15, 0.2) is 54.2 Å². The second-order valence-electron chi connectivity index (χ2n) is 5.98. The number of aromatic amines is 1. The lowest BCUT2D eigenvalue weighted by Gasteiger charge is -2.17. The molecule has 0 spiro atoms. The van der Waals surface area contributed by atoms with Gasteiger partial charge in [-0.15, -0.1) is 11.3 Å². The summed E-state index contributed by atoms with van der Waals surface area (Å²) in [6.07, 6.45) is 3.46. The van der Waals surface area contributed by atoms with E-state index >= 15 is 0 Å². The summed E-state index contributed by atoms with van der Waals surface area (Å²) in [7, 11) is 0. The molecule has 10 heteroatoms. The Bertz CT molecular complexity index is 1160. The zero-order chi connectivity index (χ0) is 19.7. The first-order chi connectivity index (χ1) is 13.5. The summed E-state index contributed by atoms with van der Waals surface area (Å²) in [5.74, 6) is 0.382. The van der Waals surface area contributed by atoms with Crippen LogP contribution in [0.5, 0.6) is 0 Å². The molecule has 0 aliphatic carbocycles. The Labute approximate surface area is 174 Å². The third-order valence-electron chi connectivity index (χ3n) is 4.18. The molecule has 0 radical (unpaired) electrons. The van der Waals surface area contributed by atoms with E-state index in [2.05, 4.69) is 20.6 Å². The van der Waals surface area contributed by atoms with Gasteiger partial charge in [0.15, 0.2) is 10.6 Å². The van der Waals surface area contributed by atoms with Gasteiger partial charge in [0, 0.05) is 17.4 Å². The molecule has 2 N–H and O–H groups in total. The third-order valence-corrected chi connectivity index (χ3v) is 5.57. The molecule has 7 nitrogen and oxygen atoms in total. The van der Waals surface area contributed by atoms with Gasteiger partial charge in [-0.1, -0.05) is 17.7 Å². The predicted octanol–water partition coefficient (Wildman–Crippen LogP) is 4.71. The summed E-state index contributed by atoms with van der Waals surface area (Å²) in [4.78, 5) is 14.0. The zero-order valence-corrected chi connectivity index (χ0v) is 17.1. The fourth-order valence-electron chi connectivity index (χ4n) is 2.82. The van der Waals surface area contributed by atoms with E-state index in [4.69, 9.17) is 23.8 Å². The van der Waals surface area contributed by atoms with Crippen molar-refractivity contribution < 1.29 is 4.79 Å². The van der Waals surface area contributed by atoms with Crippen molar-refractivity contribution in [3.05, 3.63) is 64.0 Å². The van der Waals surface area contributed by atoms with Crippen LogP contribution in [0.3, 0.4) is 0 Å². The lowest BCUT2D eigenvalue weighted by atomic mass is 10.2. The van der Waals surface area contributed by atoms with Crippen LogP contribution in [0.1, 0.15) is 13.0 Å². The lowest BCUT2D eigenvalue weighted by molar-refractivity contribution is -0.118. The summed E-state index contributed by atoms with van der Waals surface area (Å²) >= 11 is 13.0. The van der Waals surface area contributed by atoms with Gasteiger partial charge in [0.05, 0.1) is 16.3 Å². The van der Waals surface area contributed by atoms with Gasteiger partial charge in [-0.25, -0.2) is 4.68 Å². The molecule has 4 aromatic rings. The smallest absolute Gasteiger partial charge is 0.247 e. The van der Waals surface area contributed by atoms with Gasteiger partial charge in [0.1, 0.15) is 6.04 Å². The zero-order valence-electron chi connectivity index (χ0n) is 14.7. The highest BCUT2D eigenvalue weighted by Gasteiger charge is 2.22. The van der Waals surface area contributed by atoms with Crippen molar-refractivity contribution in [2.75, 3.05) is 5.32 Å². The number of aromatic nitrogens is 5. The number of nitrogens with one attached hydrogen (secondary N) is 2. The SMILES string of the molecule is CC(C(=O)Nc1cc(Cl)ccc1-n1cccn1)n1c(-c2cccs2)n[nH]c1=S. The number of hydrogen-bond donors (Lipinski definition) is 2. The van der Waals surface area contributed by atoms with Gasteiger partial charge in [-0.05, 0) is 54.9 Å². The molecule has 1 atom stereocenters. The van der Waals surface area contributed by atoms with Crippen molar-refractivity contribution >= 4 is 46.8 Å². The van der Waals surface area contributed by atoms with E-state index in [1.165, 1.54) is 11.3 Å². The molecule has 1 unspecified atom stereocenters. The number of carbonyl (C=O) groups is 1. The number of anilines is 1. The quantitative estimate of drug-likeness (QED) is 0.449. The Hall–Kier alpha value is -2.75. The number of amides is 1. The molecule has 0 aliphatic rings. The molecule has 0 aliphatic heterocycles. The Morgan fingerprint density at radius 3 is 2.93 bits per heavy atom. The number of benzene rings is 1. The molecule has 1 amide bonds. The predicted molar refractivity (Wildman–Crippen MR) is 113 cm³/mol. The minimum Gasteiger partial charge on any atom is -0.322 e. The number of carbonyl (C=O) groups excluding carboxylic acids is 1. The maximum absolute atomic E-state index is 13.0. The minimum atomic E-state index is -0.590. The van der Waals surface area contributed by atoms with Crippen molar-refractivity contribution in [3.63, 3.8) is 0 Å². The molecule has 28 heavy (non-hydrogen) atoms. The number of rotatable bonds is 5. The normalized spacial score (nSPS) is 12.1. The summed E-state index contributed by atoms with van der Waals surface area (Å²) in [5, 5.41) is 16.7. The van der Waals surface area contributed by atoms with Crippen molar-refractivity contribution in [2.45, 2.75) is 13.0 Å². The molecule has 3 aromatic heterocycles. The second kappa shape index (κ2) is 7.70. The largest absolute Gasteiger partial charge is 0.322 e. The average Bonchev–Trinajstić information content (AvgIpc) is 3.43. The van der Waals surface area contributed by atoms with Gasteiger partial charge in [0.25, 0.3) is 0 Å². The van der Waals surface area contributed by atoms with Crippen LogP contribution in [0.2, 0.25) is 5.02 Å². The van der Waals surface area contributed by atoms with Crippen LogP contribution in [0.4, 0.5) is 5.69 Å². The molecule has 142 valence electrons. The second-order valence-corrected chi connectivity index (χ2v) is 7.75. The maximum atomic E-state index is 13.0. The van der Waals surface area contributed by atoms with Gasteiger partial charge in [-0.3, -0.25) is 14.5 Å². The molecule has 0 fully saturated rings. The standard InChI is InChI=1S/C18H15ClN6OS2/c1-11(25-16(22-23-18(25)27)15-4-2-9-28-15)17(26)21-13-10-12(19)5-6-14(13)24-8-3-7-20-24/h2-11H,1H3,(H,21,26)(H,23,27). The summed E-state index contributed by atoms with van der Waals surface area (Å²) in [5.41, 5.74) is 1.27. The molecule has 1 aromatic carbocycles. The van der Waals surface area contributed by atoms with Crippen LogP contribution in [0, 0.1) is 4.77 Å². The van der Waals surface area contributed by atoms with Crippen molar-refractivity contribution in [2.24, 2.45) is 0 Å². The molecule has 4 rings (SSSR count). The fourth-order valence-corrected chi connectivity index (χ4v) is 3.99. The Morgan fingerprint density at radius 2 is 2.21 bits per heavy atom. The van der Waals surface area contributed by atoms with Crippen molar-refractivity contribution in [1.29, 1.82) is 0 Å². The van der Waals surface area contributed by atoms with Crippen LogP contribution < -0.4 is 5.32 Å². The van der Waals surface area contributed by atoms with Gasteiger partial charge in [-0.2, -0.15) is 10.2 Å². The Balaban J connectivity index is 1.67. The number of thiophene rings is 1. The fraction of sp³-hybridized carbons (Fsp3) is 0.111. The summed E-state index contributed by atoms with van der Waals surface area (Å²) in [6, 6.07) is 10.3. The van der Waals surface area contributed by atoms with Crippen LogP contribution >= 0.6 is 35.2 Å². The molecule has 0 bridgehead atoms. The number of H-pyrrole nitrogens is 1. The first-order valence-electron chi connectivity index (χ1n) is 8.36. The van der Waals surface area contributed by atoms with E-state index < -0.39 is 6.04 Å². The Morgan fingerprint density at radius 1 is 1.36 bits per heavy atom. The topological polar surface area (TPSA) is 80.5 Å². The number of hydrogen-bond acceptors (Lipinski definition) is 5. The third kappa shape index (κ3) is 3.51. The number of nitrogens with zero attached hydrogens (tertiary/aromatic N) is 4. The summed E-state index contributed by atoms with van der Waals surface area (Å²) in [6.45, 7) is 1.77. The van der Waals surface area contributed by atoms with Gasteiger partial charge < -0.3 is 5.32 Å². The molecule has 3 heterocycles. The first kappa shape index (κ1) is 18.6. The van der Waals surface area contributed by atoms with E-state index in [1.54, 1.807) is 52.8 Å². The van der Waals surface area contributed by atoms with E-state index in [1.807, 2.05) is 17.5 Å². The monoisotopic (exact) mass is 430 g/mol. The van der Waals surface area contributed by atoms with Crippen LogP contribution in [-0.2, 0) is 4.79 Å². The lowest BCUT2D eigenvalue weighted by Crippen LogP contribution is -2.25. The molecular weight excluding hydrogens is 416 g/mol. The van der Waals surface area contributed by atoms with Crippen LogP contribution in [0.25, 0.3) is 16.4 Å².